The van der Waals surface area contributed by atoms with Crippen LogP contribution < -0.4 is 5.32 Å². The summed E-state index contributed by atoms with van der Waals surface area (Å²) >= 11 is 0. The molecule has 3 rings (SSSR count). The molecule has 1 atom stereocenters. The van der Waals surface area contributed by atoms with Crippen molar-refractivity contribution in [3.8, 4) is 0 Å². The van der Waals surface area contributed by atoms with Gasteiger partial charge in [0.15, 0.2) is 0 Å². The minimum Gasteiger partial charge on any atom is -0.395 e. The van der Waals surface area contributed by atoms with E-state index in [9.17, 15) is 9.90 Å². The number of nitrogens with one attached hydrogen (secondary N) is 1. The molecule has 126 valence electrons. The highest BCUT2D eigenvalue weighted by Gasteiger charge is 2.33. The van der Waals surface area contributed by atoms with Crippen molar-refractivity contribution >= 4 is 6.03 Å². The average molecular weight is 325 g/mol. The molecule has 1 aliphatic rings. The van der Waals surface area contributed by atoms with Crippen molar-refractivity contribution in [1.29, 1.82) is 0 Å². The summed E-state index contributed by atoms with van der Waals surface area (Å²) in [5.74, 6) is 0. The van der Waals surface area contributed by atoms with Gasteiger partial charge in [-0.1, -0.05) is 35.9 Å². The molecule has 0 spiro atoms. The molecule has 1 heterocycles. The van der Waals surface area contributed by atoms with E-state index in [2.05, 4.69) is 16.4 Å². The van der Waals surface area contributed by atoms with Crippen molar-refractivity contribution in [3.63, 3.8) is 0 Å². The molecular weight excluding hydrogens is 302 g/mol. The number of aryl methyl sites for hydroxylation is 1. The SMILES string of the molecule is Cc1cccc(C(NC(=O)N(CCO)C2CC2)c2ccccn2)c1. The third kappa shape index (κ3) is 3.92. The monoisotopic (exact) mass is 325 g/mol. The predicted octanol–water partition coefficient (Wildman–Crippen LogP) is 2.65. The second-order valence-electron chi connectivity index (χ2n) is 6.20. The minimum atomic E-state index is -0.307. The largest absolute Gasteiger partial charge is 0.395 e. The number of carbonyl (C=O) groups is 1. The van der Waals surface area contributed by atoms with Crippen LogP contribution in [0.4, 0.5) is 4.79 Å². The van der Waals surface area contributed by atoms with Crippen molar-refractivity contribution in [2.45, 2.75) is 31.8 Å². The summed E-state index contributed by atoms with van der Waals surface area (Å²) in [4.78, 5) is 18.9. The summed E-state index contributed by atoms with van der Waals surface area (Å²) in [6, 6.07) is 13.6. The molecule has 1 aromatic carbocycles. The summed E-state index contributed by atoms with van der Waals surface area (Å²) in [6.07, 6.45) is 3.74. The standard InChI is InChI=1S/C19H23N3O2/c1-14-5-4-6-15(13-14)18(17-7-2-3-10-20-17)21-19(24)22(11-12-23)16-8-9-16/h2-7,10,13,16,18,23H,8-9,11-12H2,1H3,(H,21,24). The van der Waals surface area contributed by atoms with Crippen LogP contribution in [0.25, 0.3) is 0 Å². The zero-order chi connectivity index (χ0) is 16.9. The fourth-order valence-corrected chi connectivity index (χ4v) is 2.87. The maximum atomic E-state index is 12.7. The number of urea groups is 1. The van der Waals surface area contributed by atoms with Crippen LogP contribution in [0.15, 0.2) is 48.7 Å². The van der Waals surface area contributed by atoms with Gasteiger partial charge in [-0.3, -0.25) is 4.98 Å². The van der Waals surface area contributed by atoms with Crippen molar-refractivity contribution in [3.05, 3.63) is 65.5 Å². The number of hydrogen-bond donors (Lipinski definition) is 2. The lowest BCUT2D eigenvalue weighted by Crippen LogP contribution is -2.44. The van der Waals surface area contributed by atoms with Crippen LogP contribution in [0.1, 0.15) is 35.7 Å². The Labute approximate surface area is 142 Å². The Morgan fingerprint density at radius 3 is 2.79 bits per heavy atom. The highest BCUT2D eigenvalue weighted by Crippen LogP contribution is 2.28. The molecule has 1 unspecified atom stereocenters. The highest BCUT2D eigenvalue weighted by molar-refractivity contribution is 5.76. The molecule has 1 fully saturated rings. The van der Waals surface area contributed by atoms with Crippen LogP contribution in [0, 0.1) is 6.92 Å². The molecule has 1 aromatic heterocycles. The fraction of sp³-hybridized carbons (Fsp3) is 0.368. The first-order valence-corrected chi connectivity index (χ1v) is 8.34. The van der Waals surface area contributed by atoms with Gasteiger partial charge >= 0.3 is 6.03 Å². The average Bonchev–Trinajstić information content (AvgIpc) is 3.43. The zero-order valence-electron chi connectivity index (χ0n) is 13.9. The fourth-order valence-electron chi connectivity index (χ4n) is 2.87. The molecule has 0 saturated heterocycles. The Morgan fingerprint density at radius 1 is 1.33 bits per heavy atom. The van der Waals surface area contributed by atoms with Gasteiger partial charge in [-0.25, -0.2) is 4.79 Å². The van der Waals surface area contributed by atoms with Crippen LogP contribution in [0.5, 0.6) is 0 Å². The van der Waals surface area contributed by atoms with E-state index in [0.717, 1.165) is 29.7 Å². The number of aliphatic hydroxyl groups excluding tert-OH is 1. The first-order valence-electron chi connectivity index (χ1n) is 8.34. The second kappa shape index (κ2) is 7.45. The van der Waals surface area contributed by atoms with E-state index in [1.165, 1.54) is 0 Å². The van der Waals surface area contributed by atoms with Gasteiger partial charge in [-0.05, 0) is 37.5 Å². The summed E-state index contributed by atoms with van der Waals surface area (Å²) in [7, 11) is 0. The smallest absolute Gasteiger partial charge is 0.318 e. The molecular formula is C19H23N3O2. The summed E-state index contributed by atoms with van der Waals surface area (Å²) in [6.45, 7) is 2.37. The van der Waals surface area contributed by atoms with Crippen LogP contribution in [0.2, 0.25) is 0 Å². The molecule has 1 aliphatic carbocycles. The van der Waals surface area contributed by atoms with E-state index in [0.29, 0.717) is 6.54 Å². The predicted molar refractivity (Wildman–Crippen MR) is 92.6 cm³/mol. The second-order valence-corrected chi connectivity index (χ2v) is 6.20. The Kier molecular flexibility index (Phi) is 5.11. The van der Waals surface area contributed by atoms with Crippen LogP contribution in [-0.2, 0) is 0 Å². The lowest BCUT2D eigenvalue weighted by Gasteiger charge is -2.26. The molecule has 0 radical (unpaired) electrons. The molecule has 2 aromatic rings. The van der Waals surface area contributed by atoms with Crippen LogP contribution in [-0.4, -0.2) is 40.2 Å². The first kappa shape index (κ1) is 16.5. The number of benzene rings is 1. The maximum Gasteiger partial charge on any atom is 0.318 e. The number of amides is 2. The van der Waals surface area contributed by atoms with Gasteiger partial charge in [0.1, 0.15) is 0 Å². The number of pyridine rings is 1. The Morgan fingerprint density at radius 2 is 2.17 bits per heavy atom. The molecule has 0 aliphatic heterocycles. The summed E-state index contributed by atoms with van der Waals surface area (Å²) in [5, 5.41) is 12.3. The van der Waals surface area contributed by atoms with Gasteiger partial charge in [-0.2, -0.15) is 0 Å². The Hall–Kier alpha value is -2.40. The molecule has 1 saturated carbocycles. The quantitative estimate of drug-likeness (QED) is 0.858. The van der Waals surface area contributed by atoms with E-state index in [4.69, 9.17) is 0 Å². The maximum absolute atomic E-state index is 12.7. The lowest BCUT2D eigenvalue weighted by molar-refractivity contribution is 0.171. The minimum absolute atomic E-state index is 0.0252. The topological polar surface area (TPSA) is 65.5 Å². The van der Waals surface area contributed by atoms with E-state index < -0.39 is 0 Å². The number of nitrogens with zero attached hydrogens (tertiary/aromatic N) is 2. The van der Waals surface area contributed by atoms with Crippen molar-refractivity contribution in [2.75, 3.05) is 13.2 Å². The first-order chi connectivity index (χ1) is 11.7. The van der Waals surface area contributed by atoms with Gasteiger partial charge in [0, 0.05) is 18.8 Å². The van der Waals surface area contributed by atoms with Gasteiger partial charge in [0.25, 0.3) is 0 Å². The zero-order valence-corrected chi connectivity index (χ0v) is 13.9. The number of rotatable bonds is 6. The Balaban J connectivity index is 1.86. The molecule has 5 heteroatoms. The van der Waals surface area contributed by atoms with Crippen LogP contribution in [0.3, 0.4) is 0 Å². The normalized spacial score (nSPS) is 14.9. The highest BCUT2D eigenvalue weighted by atomic mass is 16.3. The van der Waals surface area contributed by atoms with E-state index in [-0.39, 0.29) is 24.7 Å². The van der Waals surface area contributed by atoms with Crippen LogP contribution >= 0.6 is 0 Å². The third-order valence-electron chi connectivity index (χ3n) is 4.22. The summed E-state index contributed by atoms with van der Waals surface area (Å²) < 4.78 is 0. The number of hydrogen-bond acceptors (Lipinski definition) is 3. The van der Waals surface area contributed by atoms with E-state index >= 15 is 0 Å². The molecule has 2 amide bonds. The van der Waals surface area contributed by atoms with Gasteiger partial charge in [-0.15, -0.1) is 0 Å². The van der Waals surface area contributed by atoms with Gasteiger partial charge in [0.2, 0.25) is 0 Å². The van der Waals surface area contributed by atoms with Gasteiger partial charge < -0.3 is 15.3 Å². The number of carbonyl (C=O) groups excluding carboxylic acids is 1. The van der Waals surface area contributed by atoms with Crippen molar-refractivity contribution in [1.82, 2.24) is 15.2 Å². The molecule has 2 N–H and O–H groups in total. The summed E-state index contributed by atoms with van der Waals surface area (Å²) in [5.41, 5.74) is 2.94. The molecule has 24 heavy (non-hydrogen) atoms. The van der Waals surface area contributed by atoms with Crippen molar-refractivity contribution < 1.29 is 9.90 Å². The Bertz CT molecular complexity index is 686. The lowest BCUT2D eigenvalue weighted by atomic mass is 10.0. The molecule has 0 bridgehead atoms. The number of aliphatic hydroxyl groups is 1. The van der Waals surface area contributed by atoms with E-state index in [1.54, 1.807) is 11.1 Å². The molecule has 5 nitrogen and oxygen atoms in total. The van der Waals surface area contributed by atoms with Crippen molar-refractivity contribution in [2.24, 2.45) is 0 Å². The van der Waals surface area contributed by atoms with Gasteiger partial charge in [0.05, 0.1) is 18.3 Å². The number of aromatic nitrogens is 1. The third-order valence-corrected chi connectivity index (χ3v) is 4.22. The van der Waals surface area contributed by atoms with E-state index in [1.807, 2.05) is 43.3 Å².